The number of hydrogen-bond acceptors (Lipinski definition) is 14. The normalized spacial score (nSPS) is 12.2. The number of carbonyl (C=O) groups is 2. The summed E-state index contributed by atoms with van der Waals surface area (Å²) in [7, 11) is -12.9. The summed E-state index contributed by atoms with van der Waals surface area (Å²) in [4.78, 5) is 32.6. The summed E-state index contributed by atoms with van der Waals surface area (Å²) in [6.45, 7) is 2.83. The van der Waals surface area contributed by atoms with Gasteiger partial charge < -0.3 is 29.3 Å². The highest BCUT2D eigenvalue weighted by Gasteiger charge is 2.28. The van der Waals surface area contributed by atoms with E-state index >= 15 is 0 Å². The molecule has 0 aliphatic rings. The lowest BCUT2D eigenvalue weighted by Gasteiger charge is -2.16. The molecule has 0 atom stereocenters. The number of pyridine rings is 1. The smallest absolute Gasteiger partial charge is 0.363 e. The average molecular weight is 868 g/mol. The summed E-state index contributed by atoms with van der Waals surface area (Å²) in [6, 6.07) is 14.1. The number of hydrogen-bond donors (Lipinski definition) is 5. The van der Waals surface area contributed by atoms with Gasteiger partial charge in [0.1, 0.15) is 17.2 Å². The summed E-state index contributed by atoms with van der Waals surface area (Å²) in [5.41, 5.74) is 1.29. The molecule has 0 bridgehead atoms. The van der Waals surface area contributed by atoms with Crippen LogP contribution in [0.3, 0.4) is 0 Å². The van der Waals surface area contributed by atoms with E-state index in [4.69, 9.17) is 28.2 Å². The minimum atomic E-state index is -4.35. The van der Waals surface area contributed by atoms with Crippen LogP contribution in [-0.2, 0) is 36.9 Å². The van der Waals surface area contributed by atoms with Gasteiger partial charge in [-0.25, -0.2) is 9.59 Å². The van der Waals surface area contributed by atoms with Gasteiger partial charge in [0.15, 0.2) is 6.54 Å². The number of aromatic hydroxyl groups is 2. The van der Waals surface area contributed by atoms with Crippen molar-refractivity contribution in [3.8, 4) is 29.0 Å². The van der Waals surface area contributed by atoms with Crippen LogP contribution >= 0.6 is 0 Å². The van der Waals surface area contributed by atoms with Gasteiger partial charge in [0.25, 0.3) is 30.4 Å². The van der Waals surface area contributed by atoms with E-state index in [0.717, 1.165) is 12.1 Å². The Kier molecular flexibility index (Phi) is 13.2. The Labute approximate surface area is 332 Å². The molecule has 0 unspecified atom stereocenters. The molecule has 312 valence electrons. The largest absolute Gasteiger partial charge is 0.494 e. The Balaban J connectivity index is 1.62. The van der Waals surface area contributed by atoms with Gasteiger partial charge in [-0.15, -0.1) is 4.73 Å². The first kappa shape index (κ1) is 43.6. The molecule has 5 N–H and O–H groups in total. The zero-order valence-electron chi connectivity index (χ0n) is 30.9. The molecule has 0 aliphatic heterocycles. The average Bonchev–Trinajstić information content (AvgIpc) is 3.43. The van der Waals surface area contributed by atoms with Gasteiger partial charge in [-0.2, -0.15) is 29.8 Å². The summed E-state index contributed by atoms with van der Waals surface area (Å²) in [5.74, 6) is -4.29. The van der Waals surface area contributed by atoms with Crippen molar-refractivity contribution in [1.29, 1.82) is 0 Å². The van der Waals surface area contributed by atoms with Crippen molar-refractivity contribution in [2.45, 2.75) is 39.7 Å². The molecule has 0 saturated carbocycles. The number of carbonyl (C=O) groups excluding carboxylic acids is 2. The molecular weight excluding hydrogens is 829 g/mol. The number of aryl methyl sites for hydroxylation is 3. The van der Waals surface area contributed by atoms with Crippen molar-refractivity contribution in [2.75, 3.05) is 30.5 Å². The maximum Gasteiger partial charge on any atom is 0.363 e. The molecule has 0 fully saturated rings. The van der Waals surface area contributed by atoms with E-state index in [0.29, 0.717) is 26.9 Å². The van der Waals surface area contributed by atoms with Gasteiger partial charge in [-0.05, 0) is 74.2 Å². The van der Waals surface area contributed by atoms with Gasteiger partial charge in [-0.1, -0.05) is 0 Å². The first-order valence-electron chi connectivity index (χ1n) is 17.3. The SMILES string of the molecule is Cc1cc(C(=O)On2c(O)ccc2O)cc(C)c1OC(=O)c1c2cc(OCCCS(=O)(=O)O)ccc2[n+](CCCS(=O)(=O)O)c2ccc(OCCCS(=O)(=O)O)cc12. The van der Waals surface area contributed by atoms with Gasteiger partial charge in [-0.3, -0.25) is 13.7 Å². The Morgan fingerprint density at radius 1 is 0.638 bits per heavy atom. The van der Waals surface area contributed by atoms with Crippen LogP contribution in [0.4, 0.5) is 0 Å². The van der Waals surface area contributed by atoms with Gasteiger partial charge >= 0.3 is 11.9 Å². The van der Waals surface area contributed by atoms with Gasteiger partial charge in [0.05, 0.1) is 52.4 Å². The van der Waals surface area contributed by atoms with Crippen LogP contribution in [0, 0.1) is 13.8 Å². The lowest BCUT2D eigenvalue weighted by Crippen LogP contribution is -2.37. The minimum absolute atomic E-state index is 0.0135. The third-order valence-corrected chi connectivity index (χ3v) is 11.0. The number of nitrogens with zero attached hydrogens (tertiary/aromatic N) is 2. The summed E-state index contributed by atoms with van der Waals surface area (Å²) in [5, 5.41) is 20.2. The zero-order valence-corrected chi connectivity index (χ0v) is 33.3. The standard InChI is InChI=1S/C36H38N2O17S3/c1-22-18-24(35(41)55-38-31(39)10-11-32(38)40)19-23(2)34(22)54-36(42)33-27-20-25(52-13-4-16-57(46,47)48)6-8-29(27)37(12-3-15-56(43,44)45)30-9-7-26(21-28(30)33)53-14-5-17-58(49,50)51/h6-11,18-21H,3-5,12-17H2,1-2H3,(H4,42,43,44,45,46,47,48,49,50,51)/p+1. The Morgan fingerprint density at radius 2 is 1.09 bits per heavy atom. The number of aromatic nitrogens is 2. The highest BCUT2D eigenvalue weighted by molar-refractivity contribution is 7.86. The third kappa shape index (κ3) is 11.3. The van der Waals surface area contributed by atoms with Crippen molar-refractivity contribution in [1.82, 2.24) is 4.73 Å². The predicted octanol–water partition coefficient (Wildman–Crippen LogP) is 3.19. The molecule has 0 spiro atoms. The van der Waals surface area contributed by atoms with E-state index in [2.05, 4.69) is 0 Å². The summed E-state index contributed by atoms with van der Waals surface area (Å²) < 4.78 is 116. The van der Waals surface area contributed by atoms with Crippen LogP contribution in [0.15, 0.2) is 60.7 Å². The Morgan fingerprint density at radius 3 is 1.53 bits per heavy atom. The minimum Gasteiger partial charge on any atom is -0.494 e. The van der Waals surface area contributed by atoms with Crippen molar-refractivity contribution in [3.05, 3.63) is 82.9 Å². The highest BCUT2D eigenvalue weighted by Crippen LogP contribution is 2.34. The van der Waals surface area contributed by atoms with Gasteiger partial charge in [0, 0.05) is 30.7 Å². The van der Waals surface area contributed by atoms with Crippen molar-refractivity contribution >= 4 is 64.1 Å². The summed E-state index contributed by atoms with van der Waals surface area (Å²) >= 11 is 0. The molecule has 0 aliphatic carbocycles. The number of rotatable bonds is 18. The lowest BCUT2D eigenvalue weighted by molar-refractivity contribution is -0.645. The molecule has 22 heteroatoms. The molecular formula is C36H39N2O17S3+. The van der Waals surface area contributed by atoms with Crippen molar-refractivity contribution in [3.63, 3.8) is 0 Å². The molecule has 5 rings (SSSR count). The first-order chi connectivity index (χ1) is 27.1. The molecule has 19 nitrogen and oxygen atoms in total. The second kappa shape index (κ2) is 17.5. The summed E-state index contributed by atoms with van der Waals surface area (Å²) in [6.07, 6.45) is -0.212. The molecule has 58 heavy (non-hydrogen) atoms. The van der Waals surface area contributed by atoms with E-state index in [9.17, 15) is 49.6 Å². The quantitative estimate of drug-likeness (QED) is 0.0211. The highest BCUT2D eigenvalue weighted by atomic mass is 32.2. The van der Waals surface area contributed by atoms with Gasteiger partial charge in [0.2, 0.25) is 22.8 Å². The number of esters is 1. The Bertz CT molecular complexity index is 2590. The Hall–Kier alpha value is -5.52. The third-order valence-electron chi connectivity index (χ3n) is 8.54. The van der Waals surface area contributed by atoms with Crippen molar-refractivity contribution in [2.24, 2.45) is 0 Å². The maximum atomic E-state index is 14.5. The fourth-order valence-corrected chi connectivity index (χ4v) is 7.55. The van der Waals surface area contributed by atoms with E-state index in [1.54, 1.807) is 30.5 Å². The molecule has 0 radical (unpaired) electrons. The molecule has 5 aromatic rings. The van der Waals surface area contributed by atoms with Crippen LogP contribution in [0.1, 0.15) is 51.1 Å². The maximum absolute atomic E-state index is 14.5. The van der Waals surface area contributed by atoms with Crippen molar-refractivity contribution < 1.29 is 82.3 Å². The fraction of sp³-hybridized carbons (Fsp3) is 0.306. The number of benzene rings is 3. The van der Waals surface area contributed by atoms with Crippen LogP contribution in [-0.4, -0.2) is 96.3 Å². The second-order valence-corrected chi connectivity index (χ2v) is 17.8. The van der Waals surface area contributed by atoms with E-state index < -0.39 is 71.3 Å². The molecule has 2 aromatic heterocycles. The second-order valence-electron chi connectivity index (χ2n) is 13.1. The monoisotopic (exact) mass is 867 g/mol. The van der Waals surface area contributed by atoms with Crippen LogP contribution < -0.4 is 23.6 Å². The molecule has 0 amide bonds. The molecule has 3 aromatic carbocycles. The zero-order chi connectivity index (χ0) is 42.6. The number of fused-ring (bicyclic) bond motifs is 2. The molecule has 0 saturated heterocycles. The van der Waals surface area contributed by atoms with E-state index in [-0.39, 0.29) is 78.2 Å². The fourth-order valence-electron chi connectivity index (χ4n) is 6.09. The topological polar surface area (TPSA) is 283 Å². The first-order valence-corrected chi connectivity index (χ1v) is 22.1. The lowest BCUT2D eigenvalue weighted by atomic mass is 10.0. The van der Waals surface area contributed by atoms with E-state index in [1.165, 1.54) is 36.4 Å². The predicted molar refractivity (Wildman–Crippen MR) is 205 cm³/mol. The van der Waals surface area contributed by atoms with Crippen LogP contribution in [0.25, 0.3) is 21.8 Å². The van der Waals surface area contributed by atoms with Crippen LogP contribution in [0.2, 0.25) is 0 Å². The number of ether oxygens (including phenoxy) is 3. The molecule has 2 heterocycles. The van der Waals surface area contributed by atoms with E-state index in [1.807, 2.05) is 0 Å². The van der Waals surface area contributed by atoms with Crippen LogP contribution in [0.5, 0.6) is 29.0 Å².